The minimum Gasteiger partial charge on any atom is -0.314 e. The summed E-state index contributed by atoms with van der Waals surface area (Å²) >= 11 is 0. The summed E-state index contributed by atoms with van der Waals surface area (Å²) in [5.41, 5.74) is 0.500. The van der Waals surface area contributed by atoms with E-state index in [0.29, 0.717) is 17.9 Å². The van der Waals surface area contributed by atoms with E-state index in [1.54, 1.807) is 0 Å². The minimum absolute atomic E-state index is 0.259. The zero-order valence-corrected chi connectivity index (χ0v) is 12.3. The Bertz CT molecular complexity index is 411. The van der Waals surface area contributed by atoms with Crippen molar-refractivity contribution in [2.75, 3.05) is 6.54 Å². The second-order valence-corrected chi connectivity index (χ2v) is 5.86. The lowest BCUT2D eigenvalue weighted by molar-refractivity contribution is 0.319. The summed E-state index contributed by atoms with van der Waals surface area (Å²) in [5, 5.41) is 3.49. The van der Waals surface area contributed by atoms with Gasteiger partial charge in [0.25, 0.3) is 0 Å². The van der Waals surface area contributed by atoms with Crippen LogP contribution < -0.4 is 5.32 Å². The highest BCUT2D eigenvalue weighted by Gasteiger charge is 2.23. The van der Waals surface area contributed by atoms with Crippen molar-refractivity contribution in [2.45, 2.75) is 57.9 Å². The highest BCUT2D eigenvalue weighted by Crippen LogP contribution is 2.27. The fourth-order valence-corrected chi connectivity index (χ4v) is 3.32. The van der Waals surface area contributed by atoms with E-state index in [4.69, 9.17) is 0 Å². The van der Waals surface area contributed by atoms with Crippen LogP contribution in [0.15, 0.2) is 18.2 Å². The second-order valence-electron chi connectivity index (χ2n) is 5.86. The Labute approximate surface area is 120 Å². The van der Waals surface area contributed by atoms with Gasteiger partial charge in [0.1, 0.15) is 11.6 Å². The molecular formula is C17H25F2N. The maximum atomic E-state index is 13.8. The van der Waals surface area contributed by atoms with Crippen LogP contribution in [0.3, 0.4) is 0 Å². The molecule has 0 radical (unpaired) electrons. The lowest BCUT2D eigenvalue weighted by atomic mass is 9.87. The van der Waals surface area contributed by atoms with Crippen LogP contribution in [0.2, 0.25) is 0 Å². The third-order valence-electron chi connectivity index (χ3n) is 4.38. The SMILES string of the molecule is CCNC(Cc1cc(F)ccc1F)C1CCCCCC1. The fourth-order valence-electron chi connectivity index (χ4n) is 3.32. The van der Waals surface area contributed by atoms with Crippen molar-refractivity contribution in [1.82, 2.24) is 5.32 Å². The number of halogens is 2. The molecule has 1 nitrogen and oxygen atoms in total. The minimum atomic E-state index is -0.350. The van der Waals surface area contributed by atoms with Gasteiger partial charge in [-0.15, -0.1) is 0 Å². The predicted molar refractivity (Wildman–Crippen MR) is 78.7 cm³/mol. The molecule has 1 aliphatic rings. The molecule has 1 unspecified atom stereocenters. The largest absolute Gasteiger partial charge is 0.314 e. The average Bonchev–Trinajstić information content (AvgIpc) is 2.71. The molecule has 3 heteroatoms. The molecule has 1 N–H and O–H groups in total. The Kier molecular flexibility index (Phi) is 5.96. The number of likely N-dealkylation sites (N-methyl/N-ethyl adjacent to an activating group) is 1. The summed E-state index contributed by atoms with van der Waals surface area (Å²) in [6.45, 7) is 2.95. The van der Waals surface area contributed by atoms with Gasteiger partial charge in [-0.2, -0.15) is 0 Å². The van der Waals surface area contributed by atoms with Crippen molar-refractivity contribution < 1.29 is 8.78 Å². The zero-order valence-electron chi connectivity index (χ0n) is 12.3. The molecule has 2 rings (SSSR count). The molecule has 1 aromatic carbocycles. The molecule has 0 spiro atoms. The van der Waals surface area contributed by atoms with Crippen LogP contribution in [0.5, 0.6) is 0 Å². The smallest absolute Gasteiger partial charge is 0.126 e. The molecule has 1 saturated carbocycles. The van der Waals surface area contributed by atoms with Gasteiger partial charge in [-0.3, -0.25) is 0 Å². The number of benzene rings is 1. The fraction of sp³-hybridized carbons (Fsp3) is 0.647. The Morgan fingerprint density at radius 1 is 1.15 bits per heavy atom. The summed E-state index contributed by atoms with van der Waals surface area (Å²) in [5.74, 6) is -0.0550. The molecule has 0 heterocycles. The van der Waals surface area contributed by atoms with Crippen molar-refractivity contribution in [1.29, 1.82) is 0 Å². The maximum Gasteiger partial charge on any atom is 0.126 e. The van der Waals surface area contributed by atoms with Crippen LogP contribution in [0.25, 0.3) is 0 Å². The summed E-state index contributed by atoms with van der Waals surface area (Å²) in [6.07, 6.45) is 8.13. The second kappa shape index (κ2) is 7.72. The third kappa shape index (κ3) is 4.27. The maximum absolute atomic E-state index is 13.8. The van der Waals surface area contributed by atoms with Gasteiger partial charge in [0.15, 0.2) is 0 Å². The topological polar surface area (TPSA) is 12.0 Å². The first-order chi connectivity index (χ1) is 9.70. The molecule has 0 bridgehead atoms. The van der Waals surface area contributed by atoms with Crippen LogP contribution in [-0.4, -0.2) is 12.6 Å². The highest BCUT2D eigenvalue weighted by molar-refractivity contribution is 5.20. The highest BCUT2D eigenvalue weighted by atomic mass is 19.1. The van der Waals surface area contributed by atoms with Crippen LogP contribution >= 0.6 is 0 Å². The average molecular weight is 281 g/mol. The first-order valence-corrected chi connectivity index (χ1v) is 7.88. The first-order valence-electron chi connectivity index (χ1n) is 7.88. The van der Waals surface area contributed by atoms with Gasteiger partial charge in [0.2, 0.25) is 0 Å². The number of hydrogen-bond acceptors (Lipinski definition) is 1. The van der Waals surface area contributed by atoms with Gasteiger partial charge in [0.05, 0.1) is 0 Å². The van der Waals surface area contributed by atoms with Crippen molar-refractivity contribution >= 4 is 0 Å². The van der Waals surface area contributed by atoms with E-state index >= 15 is 0 Å². The Balaban J connectivity index is 2.09. The van der Waals surface area contributed by atoms with E-state index < -0.39 is 0 Å². The Morgan fingerprint density at radius 2 is 1.85 bits per heavy atom. The molecule has 20 heavy (non-hydrogen) atoms. The van der Waals surface area contributed by atoms with Crippen LogP contribution in [-0.2, 0) is 6.42 Å². The van der Waals surface area contributed by atoms with E-state index in [1.165, 1.54) is 56.7 Å². The van der Waals surface area contributed by atoms with Crippen LogP contribution in [0, 0.1) is 17.6 Å². The molecule has 1 aliphatic carbocycles. The molecule has 0 saturated heterocycles. The van der Waals surface area contributed by atoms with Gasteiger partial charge >= 0.3 is 0 Å². The van der Waals surface area contributed by atoms with E-state index in [9.17, 15) is 8.78 Å². The summed E-state index contributed by atoms with van der Waals surface area (Å²) in [7, 11) is 0. The van der Waals surface area contributed by atoms with E-state index in [1.807, 2.05) is 0 Å². The standard InChI is InChI=1S/C17H25F2N/c1-2-20-17(13-7-5-3-4-6-8-13)12-14-11-15(18)9-10-16(14)19/h9-11,13,17,20H,2-8,12H2,1H3. The predicted octanol–water partition coefficient (Wildman–Crippen LogP) is 4.46. The van der Waals surface area contributed by atoms with Crippen molar-refractivity contribution in [3.63, 3.8) is 0 Å². The van der Waals surface area contributed by atoms with Crippen molar-refractivity contribution in [3.8, 4) is 0 Å². The zero-order chi connectivity index (χ0) is 14.4. The lowest BCUT2D eigenvalue weighted by Crippen LogP contribution is -2.38. The Hall–Kier alpha value is -0.960. The third-order valence-corrected chi connectivity index (χ3v) is 4.38. The normalized spacial score (nSPS) is 18.8. The lowest BCUT2D eigenvalue weighted by Gasteiger charge is -2.27. The molecule has 1 fully saturated rings. The van der Waals surface area contributed by atoms with Crippen molar-refractivity contribution in [2.24, 2.45) is 5.92 Å². The van der Waals surface area contributed by atoms with E-state index in [0.717, 1.165) is 6.54 Å². The summed E-state index contributed by atoms with van der Waals surface area (Å²) in [4.78, 5) is 0. The molecule has 1 atom stereocenters. The molecule has 0 aromatic heterocycles. The van der Waals surface area contributed by atoms with E-state index in [-0.39, 0.29) is 17.7 Å². The summed E-state index contributed by atoms with van der Waals surface area (Å²) < 4.78 is 27.1. The van der Waals surface area contributed by atoms with Crippen LogP contribution in [0.4, 0.5) is 8.78 Å². The number of hydrogen-bond donors (Lipinski definition) is 1. The number of rotatable bonds is 5. The van der Waals surface area contributed by atoms with Gasteiger partial charge in [0, 0.05) is 6.04 Å². The molecular weight excluding hydrogens is 256 g/mol. The monoisotopic (exact) mass is 281 g/mol. The Morgan fingerprint density at radius 3 is 2.50 bits per heavy atom. The summed E-state index contributed by atoms with van der Waals surface area (Å²) in [6, 6.07) is 4.03. The van der Waals surface area contributed by atoms with Gasteiger partial charge in [-0.1, -0.05) is 32.6 Å². The first kappa shape index (κ1) is 15.4. The van der Waals surface area contributed by atoms with Crippen molar-refractivity contribution in [3.05, 3.63) is 35.4 Å². The van der Waals surface area contributed by atoms with E-state index in [2.05, 4.69) is 12.2 Å². The number of nitrogens with one attached hydrogen (secondary N) is 1. The quantitative estimate of drug-likeness (QED) is 0.786. The molecule has 112 valence electrons. The molecule has 0 amide bonds. The van der Waals surface area contributed by atoms with Gasteiger partial charge in [-0.05, 0) is 55.5 Å². The van der Waals surface area contributed by atoms with Gasteiger partial charge < -0.3 is 5.32 Å². The van der Waals surface area contributed by atoms with Gasteiger partial charge in [-0.25, -0.2) is 8.78 Å². The molecule has 0 aliphatic heterocycles. The van der Waals surface area contributed by atoms with Crippen LogP contribution in [0.1, 0.15) is 51.0 Å². The molecule has 1 aromatic rings.